The summed E-state index contributed by atoms with van der Waals surface area (Å²) < 4.78 is 7.52. The number of hydrogen-bond donors (Lipinski definition) is 1. The monoisotopic (exact) mass is 461 g/mol. The zero-order valence-electron chi connectivity index (χ0n) is 10.4. The molecule has 104 valence electrons. The van der Waals surface area contributed by atoms with Crippen molar-refractivity contribution in [2.24, 2.45) is 0 Å². The van der Waals surface area contributed by atoms with Gasteiger partial charge in [-0.05, 0) is 62.2 Å². The van der Waals surface area contributed by atoms with Crippen LogP contribution < -0.4 is 10.1 Å². The van der Waals surface area contributed by atoms with Gasteiger partial charge in [0, 0.05) is 19.5 Å². The highest BCUT2D eigenvalue weighted by atomic mass is 79.9. The summed E-state index contributed by atoms with van der Waals surface area (Å²) in [5.74, 6) is 0.476. The summed E-state index contributed by atoms with van der Waals surface area (Å²) in [5.41, 5.74) is 1.20. The number of hydrogen-bond acceptors (Lipinski definition) is 2. The van der Waals surface area contributed by atoms with Crippen molar-refractivity contribution in [3.8, 4) is 5.75 Å². The molecule has 0 aliphatic rings. The van der Waals surface area contributed by atoms with Crippen molar-refractivity contribution in [3.05, 3.63) is 55.4 Å². The third kappa shape index (κ3) is 3.62. The van der Waals surface area contributed by atoms with Crippen molar-refractivity contribution >= 4 is 59.4 Å². The molecule has 0 aliphatic carbocycles. The highest BCUT2D eigenvalue weighted by molar-refractivity contribution is 9.11. The van der Waals surface area contributed by atoms with Crippen molar-refractivity contribution < 1.29 is 9.53 Å². The quantitative estimate of drug-likeness (QED) is 0.676. The van der Waals surface area contributed by atoms with Crippen LogP contribution in [0.25, 0.3) is 0 Å². The first-order valence-corrected chi connectivity index (χ1v) is 7.99. The first-order valence-electron chi connectivity index (χ1n) is 5.61. The summed E-state index contributed by atoms with van der Waals surface area (Å²) in [4.78, 5) is 12.3. The first kappa shape index (κ1) is 15.5. The predicted molar refractivity (Wildman–Crippen MR) is 90.5 cm³/mol. The Morgan fingerprint density at radius 2 is 1.75 bits per heavy atom. The van der Waals surface area contributed by atoms with Gasteiger partial charge in [-0.1, -0.05) is 15.9 Å². The molecule has 0 atom stereocenters. The van der Waals surface area contributed by atoms with Gasteiger partial charge in [0.1, 0.15) is 5.75 Å². The summed E-state index contributed by atoms with van der Waals surface area (Å²) in [5, 5.41) is 2.85. The second-order valence-electron chi connectivity index (χ2n) is 3.92. The number of methoxy groups -OCH3 is 1. The molecule has 0 fully saturated rings. The minimum Gasteiger partial charge on any atom is -0.497 e. The second kappa shape index (κ2) is 6.74. The standard InChI is InChI=1S/C14H10Br3NO2/c1-20-9-3-5-12(17)13(7-9)18-14(19)10-6-8(15)2-4-11(10)16/h2-7H,1H3,(H,18,19). The number of nitrogens with one attached hydrogen (secondary N) is 1. The van der Waals surface area contributed by atoms with E-state index in [4.69, 9.17) is 4.74 Å². The lowest BCUT2D eigenvalue weighted by Gasteiger charge is -2.10. The van der Waals surface area contributed by atoms with Crippen LogP contribution in [0.2, 0.25) is 0 Å². The van der Waals surface area contributed by atoms with E-state index < -0.39 is 0 Å². The highest BCUT2D eigenvalue weighted by Crippen LogP contribution is 2.29. The van der Waals surface area contributed by atoms with Crippen LogP contribution in [0.4, 0.5) is 5.69 Å². The number of carbonyl (C=O) groups is 1. The molecule has 0 radical (unpaired) electrons. The molecule has 1 N–H and O–H groups in total. The van der Waals surface area contributed by atoms with Gasteiger partial charge >= 0.3 is 0 Å². The topological polar surface area (TPSA) is 38.3 Å². The number of halogens is 3. The summed E-state index contributed by atoms with van der Waals surface area (Å²) in [6.07, 6.45) is 0. The zero-order chi connectivity index (χ0) is 14.7. The van der Waals surface area contributed by atoms with E-state index in [1.165, 1.54) is 0 Å². The largest absolute Gasteiger partial charge is 0.497 e. The van der Waals surface area contributed by atoms with E-state index in [1.54, 1.807) is 19.2 Å². The van der Waals surface area contributed by atoms with E-state index in [0.717, 1.165) is 13.4 Å². The van der Waals surface area contributed by atoms with Gasteiger partial charge in [-0.25, -0.2) is 0 Å². The molecule has 20 heavy (non-hydrogen) atoms. The summed E-state index contributed by atoms with van der Waals surface area (Å²) in [6.45, 7) is 0. The van der Waals surface area contributed by atoms with Gasteiger partial charge in [0.05, 0.1) is 18.4 Å². The maximum atomic E-state index is 12.3. The number of benzene rings is 2. The Labute approximate surface area is 142 Å². The average molecular weight is 464 g/mol. The number of amides is 1. The fraction of sp³-hybridized carbons (Fsp3) is 0.0714. The number of ether oxygens (including phenoxy) is 1. The second-order valence-corrected chi connectivity index (χ2v) is 6.55. The van der Waals surface area contributed by atoms with Gasteiger partial charge in [-0.15, -0.1) is 0 Å². The van der Waals surface area contributed by atoms with Gasteiger partial charge in [0.2, 0.25) is 0 Å². The van der Waals surface area contributed by atoms with Crippen molar-refractivity contribution in [1.82, 2.24) is 0 Å². The molecule has 0 aliphatic heterocycles. The molecule has 0 bridgehead atoms. The van der Waals surface area contributed by atoms with Gasteiger partial charge in [0.25, 0.3) is 5.91 Å². The fourth-order valence-corrected chi connectivity index (χ4v) is 2.72. The van der Waals surface area contributed by atoms with Gasteiger partial charge in [0.15, 0.2) is 0 Å². The third-order valence-corrected chi connectivity index (χ3v) is 4.47. The molecule has 0 unspecified atom stereocenters. The van der Waals surface area contributed by atoms with Crippen LogP contribution in [0.15, 0.2) is 49.8 Å². The first-order chi connectivity index (χ1) is 9.51. The normalized spacial score (nSPS) is 10.2. The lowest BCUT2D eigenvalue weighted by Crippen LogP contribution is -2.13. The van der Waals surface area contributed by atoms with Crippen molar-refractivity contribution in [2.75, 3.05) is 12.4 Å². The molecule has 3 nitrogen and oxygen atoms in total. The predicted octanol–water partition coefficient (Wildman–Crippen LogP) is 5.24. The molecule has 1 amide bonds. The average Bonchev–Trinajstić information content (AvgIpc) is 2.43. The molecule has 2 aromatic carbocycles. The maximum absolute atomic E-state index is 12.3. The minimum absolute atomic E-state index is 0.202. The summed E-state index contributed by atoms with van der Waals surface area (Å²) in [6, 6.07) is 10.8. The van der Waals surface area contributed by atoms with E-state index in [2.05, 4.69) is 53.1 Å². The molecule has 0 saturated carbocycles. The van der Waals surface area contributed by atoms with Gasteiger partial charge in [-0.3, -0.25) is 4.79 Å². The maximum Gasteiger partial charge on any atom is 0.256 e. The molecule has 2 aromatic rings. The Hall–Kier alpha value is -0.850. The van der Waals surface area contributed by atoms with E-state index in [-0.39, 0.29) is 5.91 Å². The van der Waals surface area contributed by atoms with Crippen molar-refractivity contribution in [1.29, 1.82) is 0 Å². The third-order valence-electron chi connectivity index (χ3n) is 2.59. The van der Waals surface area contributed by atoms with Crippen LogP contribution in [0.3, 0.4) is 0 Å². The van der Waals surface area contributed by atoms with Crippen LogP contribution in [0, 0.1) is 0 Å². The van der Waals surface area contributed by atoms with Crippen LogP contribution in [0.1, 0.15) is 10.4 Å². The minimum atomic E-state index is -0.202. The Kier molecular flexibility index (Phi) is 5.23. The molecule has 0 heterocycles. The zero-order valence-corrected chi connectivity index (χ0v) is 15.2. The van der Waals surface area contributed by atoms with Crippen LogP contribution in [0.5, 0.6) is 5.75 Å². The highest BCUT2D eigenvalue weighted by Gasteiger charge is 2.13. The van der Waals surface area contributed by atoms with Crippen LogP contribution in [-0.2, 0) is 0 Å². The molecule has 6 heteroatoms. The molecule has 0 saturated heterocycles. The lowest BCUT2D eigenvalue weighted by atomic mass is 10.2. The Morgan fingerprint density at radius 1 is 1.05 bits per heavy atom. The van der Waals surface area contributed by atoms with Crippen molar-refractivity contribution in [3.63, 3.8) is 0 Å². The SMILES string of the molecule is COc1ccc(Br)c(NC(=O)c2cc(Br)ccc2Br)c1. The summed E-state index contributed by atoms with van der Waals surface area (Å²) in [7, 11) is 1.58. The van der Waals surface area contributed by atoms with Gasteiger partial charge < -0.3 is 10.1 Å². The van der Waals surface area contributed by atoms with E-state index >= 15 is 0 Å². The molecule has 2 rings (SSSR count). The number of anilines is 1. The van der Waals surface area contributed by atoms with E-state index in [9.17, 15) is 4.79 Å². The Bertz CT molecular complexity index is 659. The van der Waals surface area contributed by atoms with Crippen molar-refractivity contribution in [2.45, 2.75) is 0 Å². The van der Waals surface area contributed by atoms with Gasteiger partial charge in [-0.2, -0.15) is 0 Å². The molecular weight excluding hydrogens is 454 g/mol. The number of carbonyl (C=O) groups excluding carboxylic acids is 1. The molecule has 0 aromatic heterocycles. The smallest absolute Gasteiger partial charge is 0.256 e. The van der Waals surface area contributed by atoms with Crippen LogP contribution >= 0.6 is 47.8 Å². The van der Waals surface area contributed by atoms with E-state index in [1.807, 2.05) is 24.3 Å². The van der Waals surface area contributed by atoms with Crippen LogP contribution in [-0.4, -0.2) is 13.0 Å². The summed E-state index contributed by atoms with van der Waals surface area (Å²) >= 11 is 10.1. The van der Waals surface area contributed by atoms with E-state index in [0.29, 0.717) is 17.0 Å². The lowest BCUT2D eigenvalue weighted by molar-refractivity contribution is 0.102. The Morgan fingerprint density at radius 3 is 2.45 bits per heavy atom. The Balaban J connectivity index is 2.30. The fourth-order valence-electron chi connectivity index (χ4n) is 1.59. The number of rotatable bonds is 3. The molecular formula is C14H10Br3NO2. The molecule has 0 spiro atoms.